The summed E-state index contributed by atoms with van der Waals surface area (Å²) in [6.45, 7) is 0. The molecule has 1 amide bonds. The fraction of sp³-hybridized carbons (Fsp3) is 0.237. The van der Waals surface area contributed by atoms with Gasteiger partial charge in [0.25, 0.3) is 0 Å². The molecule has 10 nitrogen and oxygen atoms in total. The first-order valence-corrected chi connectivity index (χ1v) is 15.4. The molecular formula is C38H34N2O8. The van der Waals surface area contributed by atoms with Gasteiger partial charge in [-0.25, -0.2) is 0 Å². The topological polar surface area (TPSA) is 113 Å². The predicted molar refractivity (Wildman–Crippen MR) is 180 cm³/mol. The zero-order valence-corrected chi connectivity index (χ0v) is 27.1. The molecule has 0 aromatic heterocycles. The molecule has 1 fully saturated rings. The number of nitrogens with zero attached hydrogens (tertiary/aromatic N) is 1. The average Bonchev–Trinajstić information content (AvgIpc) is 3.61. The SMILES string of the molecule is COc1ccc(C(=O)[C@@H]2[C@H](C(=O)c3cc(OC)c(OC)c(OC)c3)[C@]3(C(=O)Nc4ccccc43)[C@@H]3C=Cc4ccccc4N23)cc1OC. The van der Waals surface area contributed by atoms with Crippen molar-refractivity contribution in [2.75, 3.05) is 45.8 Å². The average molecular weight is 647 g/mol. The van der Waals surface area contributed by atoms with Gasteiger partial charge in [0, 0.05) is 22.5 Å². The van der Waals surface area contributed by atoms with Crippen LogP contribution in [-0.2, 0) is 10.2 Å². The number of amides is 1. The van der Waals surface area contributed by atoms with Crippen molar-refractivity contribution >= 4 is 34.9 Å². The molecule has 3 aliphatic rings. The summed E-state index contributed by atoms with van der Waals surface area (Å²) in [7, 11) is 7.43. The van der Waals surface area contributed by atoms with E-state index in [1.807, 2.05) is 65.6 Å². The van der Waals surface area contributed by atoms with E-state index in [9.17, 15) is 4.79 Å². The summed E-state index contributed by atoms with van der Waals surface area (Å²) in [5.41, 5.74) is 1.85. The molecule has 1 saturated heterocycles. The van der Waals surface area contributed by atoms with Crippen molar-refractivity contribution in [3.8, 4) is 28.7 Å². The Morgan fingerprint density at radius 2 is 1.35 bits per heavy atom. The number of para-hydroxylation sites is 2. The molecule has 0 bridgehead atoms. The number of methoxy groups -OCH3 is 5. The van der Waals surface area contributed by atoms with Crippen molar-refractivity contribution in [3.05, 3.63) is 107 Å². The summed E-state index contributed by atoms with van der Waals surface area (Å²) < 4.78 is 27.7. The van der Waals surface area contributed by atoms with Gasteiger partial charge in [-0.3, -0.25) is 14.4 Å². The standard InChI is InChI=1S/C38H34N2O8/c1-44-27-16-14-22(18-28(27)45-2)35(42)33-32(34(41)23-19-29(46-3)36(48-5)30(20-23)47-4)38(24-11-7-8-12-25(24)39-37(38)43)31-17-15-21-10-6-9-13-26(21)40(31)33/h6-20,31-33H,1-5H3,(H,39,43)/t31-,32+,33-,38+/m0/s1. The van der Waals surface area contributed by atoms with Crippen LogP contribution in [0.5, 0.6) is 28.7 Å². The summed E-state index contributed by atoms with van der Waals surface area (Å²) in [6, 6.07) is 21.2. The van der Waals surface area contributed by atoms with Gasteiger partial charge in [0.05, 0.1) is 47.5 Å². The number of ether oxygens (including phenoxy) is 5. The van der Waals surface area contributed by atoms with Crippen LogP contribution in [-0.4, -0.2) is 65.1 Å². The van der Waals surface area contributed by atoms with E-state index in [0.717, 1.165) is 11.3 Å². The van der Waals surface area contributed by atoms with E-state index in [4.69, 9.17) is 23.7 Å². The summed E-state index contributed by atoms with van der Waals surface area (Å²) in [4.78, 5) is 47.1. The second-order valence-corrected chi connectivity index (χ2v) is 11.8. The van der Waals surface area contributed by atoms with Crippen molar-refractivity contribution in [1.29, 1.82) is 0 Å². The van der Waals surface area contributed by atoms with Gasteiger partial charge in [-0.2, -0.15) is 0 Å². The number of hydrogen-bond acceptors (Lipinski definition) is 9. The van der Waals surface area contributed by atoms with Crippen molar-refractivity contribution in [3.63, 3.8) is 0 Å². The quantitative estimate of drug-likeness (QED) is 0.233. The van der Waals surface area contributed by atoms with E-state index < -0.39 is 29.2 Å². The number of rotatable bonds is 9. The molecule has 10 heteroatoms. The molecule has 1 N–H and O–H groups in total. The Balaban J connectivity index is 1.53. The van der Waals surface area contributed by atoms with Crippen LogP contribution in [0.25, 0.3) is 6.08 Å². The lowest BCUT2D eigenvalue weighted by molar-refractivity contribution is -0.121. The second kappa shape index (κ2) is 11.8. The molecule has 7 rings (SSSR count). The Morgan fingerprint density at radius 1 is 0.708 bits per heavy atom. The molecule has 3 heterocycles. The Hall–Kier alpha value is -5.77. The van der Waals surface area contributed by atoms with Crippen LogP contribution in [0.2, 0.25) is 0 Å². The molecule has 0 saturated carbocycles. The number of carbonyl (C=O) groups is 3. The fourth-order valence-electron chi connectivity index (χ4n) is 7.68. The molecule has 4 aromatic rings. The maximum atomic E-state index is 15.3. The third-order valence-corrected chi connectivity index (χ3v) is 9.71. The smallest absolute Gasteiger partial charge is 0.238 e. The van der Waals surface area contributed by atoms with Gasteiger partial charge in [-0.1, -0.05) is 48.6 Å². The number of ketones is 2. The first-order valence-electron chi connectivity index (χ1n) is 15.4. The van der Waals surface area contributed by atoms with E-state index >= 15 is 9.59 Å². The Morgan fingerprint density at radius 3 is 2.04 bits per heavy atom. The minimum absolute atomic E-state index is 0.202. The largest absolute Gasteiger partial charge is 0.493 e. The van der Waals surface area contributed by atoms with Gasteiger partial charge in [0.1, 0.15) is 11.5 Å². The first-order chi connectivity index (χ1) is 23.3. The van der Waals surface area contributed by atoms with E-state index in [2.05, 4.69) is 5.32 Å². The minimum Gasteiger partial charge on any atom is -0.493 e. The van der Waals surface area contributed by atoms with Gasteiger partial charge >= 0.3 is 0 Å². The van der Waals surface area contributed by atoms with Crippen LogP contribution in [0.4, 0.5) is 11.4 Å². The maximum Gasteiger partial charge on any atom is 0.238 e. The zero-order chi connectivity index (χ0) is 33.7. The highest BCUT2D eigenvalue weighted by atomic mass is 16.5. The number of benzene rings is 4. The summed E-state index contributed by atoms with van der Waals surface area (Å²) in [5.74, 6) is -0.678. The van der Waals surface area contributed by atoms with Gasteiger partial charge < -0.3 is 33.9 Å². The lowest BCUT2D eigenvalue weighted by atomic mass is 9.64. The van der Waals surface area contributed by atoms with Crippen LogP contribution in [0.1, 0.15) is 31.8 Å². The number of carbonyl (C=O) groups excluding carboxylic acids is 3. The number of Topliss-reactive ketones (excluding diaryl/α,β-unsaturated/α-hetero) is 2. The third-order valence-electron chi connectivity index (χ3n) is 9.71. The summed E-state index contributed by atoms with van der Waals surface area (Å²) in [6.07, 6.45) is 3.89. The van der Waals surface area contributed by atoms with Gasteiger partial charge in [0.15, 0.2) is 34.6 Å². The first kappa shape index (κ1) is 30.9. The molecule has 244 valence electrons. The summed E-state index contributed by atoms with van der Waals surface area (Å²) in [5, 5.41) is 3.05. The fourth-order valence-corrected chi connectivity index (χ4v) is 7.68. The highest BCUT2D eigenvalue weighted by Crippen LogP contribution is 2.58. The number of fused-ring (bicyclic) bond motifs is 6. The van der Waals surface area contributed by atoms with Gasteiger partial charge in [-0.05, 0) is 53.6 Å². The molecular weight excluding hydrogens is 612 g/mol. The van der Waals surface area contributed by atoms with Crippen LogP contribution >= 0.6 is 0 Å². The monoisotopic (exact) mass is 646 g/mol. The lowest BCUT2D eigenvalue weighted by Crippen LogP contribution is -2.51. The van der Waals surface area contributed by atoms with Crippen molar-refractivity contribution in [2.24, 2.45) is 5.92 Å². The van der Waals surface area contributed by atoms with E-state index in [-0.39, 0.29) is 28.8 Å². The van der Waals surface area contributed by atoms with E-state index in [0.29, 0.717) is 34.1 Å². The number of nitrogens with one attached hydrogen (secondary N) is 1. The predicted octanol–water partition coefficient (Wildman–Crippen LogP) is 5.59. The van der Waals surface area contributed by atoms with Gasteiger partial charge in [0.2, 0.25) is 11.7 Å². The Bertz CT molecular complexity index is 1980. The Kier molecular flexibility index (Phi) is 7.58. The minimum atomic E-state index is -1.49. The van der Waals surface area contributed by atoms with E-state index in [1.54, 1.807) is 30.3 Å². The lowest BCUT2D eigenvalue weighted by Gasteiger charge is -2.37. The second-order valence-electron chi connectivity index (χ2n) is 11.8. The van der Waals surface area contributed by atoms with Crippen LogP contribution in [0, 0.1) is 5.92 Å². The number of anilines is 2. The highest BCUT2D eigenvalue weighted by molar-refractivity contribution is 6.18. The van der Waals surface area contributed by atoms with Crippen LogP contribution < -0.4 is 33.9 Å². The zero-order valence-electron chi connectivity index (χ0n) is 27.1. The number of hydrogen-bond donors (Lipinski definition) is 1. The van der Waals surface area contributed by atoms with Crippen molar-refractivity contribution in [2.45, 2.75) is 17.5 Å². The molecule has 0 aliphatic carbocycles. The maximum absolute atomic E-state index is 15.3. The molecule has 4 atom stereocenters. The van der Waals surface area contributed by atoms with Crippen molar-refractivity contribution in [1.82, 2.24) is 0 Å². The molecule has 48 heavy (non-hydrogen) atoms. The van der Waals surface area contributed by atoms with Crippen molar-refractivity contribution < 1.29 is 38.1 Å². The molecule has 1 spiro atoms. The normalized spacial score (nSPS) is 21.6. The third kappa shape index (κ3) is 4.28. The van der Waals surface area contributed by atoms with Crippen LogP contribution in [0.15, 0.2) is 84.9 Å². The van der Waals surface area contributed by atoms with E-state index in [1.165, 1.54) is 35.5 Å². The molecule has 0 unspecified atom stereocenters. The molecule has 4 aromatic carbocycles. The molecule has 0 radical (unpaired) electrons. The van der Waals surface area contributed by atoms with Gasteiger partial charge in [-0.15, -0.1) is 0 Å². The summed E-state index contributed by atoms with van der Waals surface area (Å²) >= 11 is 0. The Labute approximate surface area is 277 Å². The highest BCUT2D eigenvalue weighted by Gasteiger charge is 2.70. The van der Waals surface area contributed by atoms with Crippen LogP contribution in [0.3, 0.4) is 0 Å². The molecule has 3 aliphatic heterocycles.